The normalized spacial score (nSPS) is 12.0. The predicted molar refractivity (Wildman–Crippen MR) is 105 cm³/mol. The zero-order valence-electron chi connectivity index (χ0n) is 15.6. The molecule has 2 N–H and O–H groups in total. The van der Waals surface area contributed by atoms with Crippen LogP contribution in [0.3, 0.4) is 0 Å². The lowest BCUT2D eigenvalue weighted by Gasteiger charge is -2.04. The first-order valence-corrected chi connectivity index (χ1v) is 12.4. The van der Waals surface area contributed by atoms with E-state index in [9.17, 15) is 4.57 Å². The van der Waals surface area contributed by atoms with Crippen molar-refractivity contribution >= 4 is 19.9 Å². The highest BCUT2D eigenvalue weighted by Crippen LogP contribution is 2.41. The zero-order valence-corrected chi connectivity index (χ0v) is 17.3. The quantitative estimate of drug-likeness (QED) is 0.143. The van der Waals surface area contributed by atoms with Crippen molar-refractivity contribution in [1.82, 2.24) is 0 Å². The fraction of sp³-hybridized carbons (Fsp3) is 1.00. The first kappa shape index (κ1) is 24.5. The van der Waals surface area contributed by atoms with Crippen LogP contribution < -0.4 is 0 Å². The van der Waals surface area contributed by atoms with Crippen LogP contribution in [0.1, 0.15) is 110 Å². The van der Waals surface area contributed by atoms with E-state index in [2.05, 4.69) is 10.9 Å². The van der Waals surface area contributed by atoms with E-state index < -0.39 is 7.82 Å². The van der Waals surface area contributed by atoms with Crippen molar-refractivity contribution in [3.63, 3.8) is 0 Å². The standard InChI is InChI=1S/C18H39O4PS/c1-2-3-4-5-6-7-8-9-10-11-12-13-14-15-16-17-18-24-22-23(19,20)21/h2-18H2,1H3,(H2,19,20,21). The molecule has 0 aromatic carbocycles. The molecule has 0 unspecified atom stereocenters. The summed E-state index contributed by atoms with van der Waals surface area (Å²) in [6.45, 7) is 2.27. The summed E-state index contributed by atoms with van der Waals surface area (Å²) in [5, 5.41) is 0. The molecule has 0 aromatic rings. The van der Waals surface area contributed by atoms with Gasteiger partial charge in [0.25, 0.3) is 0 Å². The van der Waals surface area contributed by atoms with Gasteiger partial charge in [-0.3, -0.25) is 0 Å². The van der Waals surface area contributed by atoms with Crippen LogP contribution in [-0.2, 0) is 8.54 Å². The largest absolute Gasteiger partial charge is 0.480 e. The van der Waals surface area contributed by atoms with Crippen LogP contribution >= 0.6 is 19.9 Å². The van der Waals surface area contributed by atoms with Crippen molar-refractivity contribution in [2.45, 2.75) is 110 Å². The van der Waals surface area contributed by atoms with Crippen LogP contribution in [0.2, 0.25) is 0 Å². The van der Waals surface area contributed by atoms with Gasteiger partial charge in [-0.15, -0.1) is 0 Å². The summed E-state index contributed by atoms with van der Waals surface area (Å²) in [7, 11) is -4.29. The molecule has 0 spiro atoms. The summed E-state index contributed by atoms with van der Waals surface area (Å²) < 4.78 is 14.8. The van der Waals surface area contributed by atoms with Crippen LogP contribution in [0.5, 0.6) is 0 Å². The Morgan fingerprint density at radius 1 is 0.667 bits per heavy atom. The van der Waals surface area contributed by atoms with E-state index in [1.54, 1.807) is 0 Å². The van der Waals surface area contributed by atoms with Gasteiger partial charge in [-0.1, -0.05) is 103 Å². The second-order valence-electron chi connectivity index (χ2n) is 6.69. The molecule has 146 valence electrons. The average Bonchev–Trinajstić information content (AvgIpc) is 2.52. The Morgan fingerprint density at radius 2 is 1.00 bits per heavy atom. The third-order valence-corrected chi connectivity index (χ3v) is 5.88. The molecule has 0 radical (unpaired) electrons. The molecular formula is C18H39O4PS. The topological polar surface area (TPSA) is 66.8 Å². The van der Waals surface area contributed by atoms with Crippen molar-refractivity contribution in [1.29, 1.82) is 0 Å². The van der Waals surface area contributed by atoms with Crippen molar-refractivity contribution in [3.05, 3.63) is 0 Å². The first-order valence-electron chi connectivity index (χ1n) is 9.93. The number of phosphoric acid groups is 1. The molecule has 24 heavy (non-hydrogen) atoms. The van der Waals surface area contributed by atoms with Gasteiger partial charge in [-0.25, -0.2) is 8.54 Å². The van der Waals surface area contributed by atoms with E-state index >= 15 is 0 Å². The Kier molecular flexibility index (Phi) is 18.6. The highest BCUT2D eigenvalue weighted by molar-refractivity contribution is 7.97. The van der Waals surface area contributed by atoms with Gasteiger partial charge in [0.15, 0.2) is 0 Å². The molecular weight excluding hydrogens is 343 g/mol. The fourth-order valence-electron chi connectivity index (χ4n) is 2.82. The Hall–Kier alpha value is 0.460. The second kappa shape index (κ2) is 18.3. The Labute approximate surface area is 154 Å². The molecule has 6 heteroatoms. The van der Waals surface area contributed by atoms with E-state index in [0.29, 0.717) is 5.75 Å². The summed E-state index contributed by atoms with van der Waals surface area (Å²) in [6.07, 6.45) is 21.3. The molecule has 0 aliphatic rings. The van der Waals surface area contributed by atoms with Gasteiger partial charge >= 0.3 is 7.82 Å². The highest BCUT2D eigenvalue weighted by atomic mass is 32.2. The first-order chi connectivity index (χ1) is 11.6. The van der Waals surface area contributed by atoms with Crippen LogP contribution in [0, 0.1) is 0 Å². The van der Waals surface area contributed by atoms with Crippen LogP contribution in [0.25, 0.3) is 0 Å². The molecule has 0 aliphatic carbocycles. The maximum Gasteiger partial charge on any atom is 0.480 e. The summed E-state index contributed by atoms with van der Waals surface area (Å²) in [5.74, 6) is 0.656. The molecule has 0 atom stereocenters. The number of hydrogen-bond acceptors (Lipinski definition) is 3. The lowest BCUT2D eigenvalue weighted by atomic mass is 10.0. The van der Waals surface area contributed by atoms with Gasteiger partial charge < -0.3 is 9.79 Å². The zero-order chi connectivity index (χ0) is 17.9. The van der Waals surface area contributed by atoms with Gasteiger partial charge in [0, 0.05) is 17.8 Å². The SMILES string of the molecule is CCCCCCCCCCCCCCCCCCSOP(=O)(O)O. The molecule has 0 aromatic heterocycles. The van der Waals surface area contributed by atoms with Crippen molar-refractivity contribution in [3.8, 4) is 0 Å². The molecule has 0 bridgehead atoms. The lowest BCUT2D eigenvalue weighted by Crippen LogP contribution is -1.85. The summed E-state index contributed by atoms with van der Waals surface area (Å²) in [6, 6.07) is 0. The summed E-state index contributed by atoms with van der Waals surface area (Å²) in [5.41, 5.74) is 0. The molecule has 0 amide bonds. The molecule has 4 nitrogen and oxygen atoms in total. The molecule has 0 saturated heterocycles. The Morgan fingerprint density at radius 3 is 1.33 bits per heavy atom. The van der Waals surface area contributed by atoms with Gasteiger partial charge in [-0.2, -0.15) is 0 Å². The molecule has 0 heterocycles. The predicted octanol–water partition coefficient (Wildman–Crippen LogP) is 7.01. The molecule has 0 aliphatic heterocycles. The third kappa shape index (κ3) is 22.5. The average molecular weight is 383 g/mol. The number of rotatable bonds is 19. The van der Waals surface area contributed by atoms with E-state index in [1.807, 2.05) is 0 Å². The molecule has 0 saturated carbocycles. The summed E-state index contributed by atoms with van der Waals surface area (Å²) >= 11 is 0.884. The highest BCUT2D eigenvalue weighted by Gasteiger charge is 2.13. The molecule has 0 rings (SSSR count). The lowest BCUT2D eigenvalue weighted by molar-refractivity contribution is 0.298. The van der Waals surface area contributed by atoms with E-state index in [4.69, 9.17) is 9.79 Å². The second-order valence-corrected chi connectivity index (χ2v) is 8.91. The van der Waals surface area contributed by atoms with Gasteiger partial charge in [-0.05, 0) is 6.42 Å². The Balaban J connectivity index is 3.02. The maximum absolute atomic E-state index is 10.5. The van der Waals surface area contributed by atoms with Gasteiger partial charge in [0.1, 0.15) is 0 Å². The van der Waals surface area contributed by atoms with Gasteiger partial charge in [0.05, 0.1) is 0 Å². The summed E-state index contributed by atoms with van der Waals surface area (Å²) in [4.78, 5) is 17.0. The van der Waals surface area contributed by atoms with E-state index in [0.717, 1.165) is 24.9 Å². The smallest absolute Gasteiger partial charge is 0.302 e. The third-order valence-electron chi connectivity index (χ3n) is 4.23. The van der Waals surface area contributed by atoms with Gasteiger partial charge in [0.2, 0.25) is 0 Å². The fourth-order valence-corrected chi connectivity index (χ4v) is 3.98. The van der Waals surface area contributed by atoms with Crippen LogP contribution in [0.15, 0.2) is 0 Å². The number of hydrogen-bond donors (Lipinski definition) is 2. The van der Waals surface area contributed by atoms with E-state index in [-0.39, 0.29) is 0 Å². The monoisotopic (exact) mass is 382 g/mol. The van der Waals surface area contributed by atoms with Crippen molar-refractivity contribution in [2.75, 3.05) is 5.75 Å². The minimum Gasteiger partial charge on any atom is -0.302 e. The Bertz CT molecular complexity index is 297. The van der Waals surface area contributed by atoms with Crippen molar-refractivity contribution < 1.29 is 18.3 Å². The minimum absolute atomic E-state index is 0.656. The van der Waals surface area contributed by atoms with Crippen molar-refractivity contribution in [2.24, 2.45) is 0 Å². The van der Waals surface area contributed by atoms with E-state index in [1.165, 1.54) is 89.9 Å². The minimum atomic E-state index is -4.29. The number of unbranched alkanes of at least 4 members (excludes halogenated alkanes) is 15. The maximum atomic E-state index is 10.5. The van der Waals surface area contributed by atoms with Crippen LogP contribution in [-0.4, -0.2) is 15.5 Å². The van der Waals surface area contributed by atoms with Crippen LogP contribution in [0.4, 0.5) is 0 Å². The molecule has 0 fully saturated rings.